The van der Waals surface area contributed by atoms with Crippen LogP contribution in [0.25, 0.3) is 0 Å². The Morgan fingerprint density at radius 3 is 2.62 bits per heavy atom. The summed E-state index contributed by atoms with van der Waals surface area (Å²) in [6, 6.07) is 1.50. The van der Waals surface area contributed by atoms with Gasteiger partial charge in [-0.15, -0.1) is 0 Å². The normalized spacial score (nSPS) is 26.5. The molecule has 0 saturated carbocycles. The van der Waals surface area contributed by atoms with E-state index in [4.69, 9.17) is 0 Å². The van der Waals surface area contributed by atoms with E-state index in [9.17, 15) is 0 Å². The van der Waals surface area contributed by atoms with E-state index in [0.717, 1.165) is 5.92 Å². The zero-order valence-electron chi connectivity index (χ0n) is 11.4. The summed E-state index contributed by atoms with van der Waals surface area (Å²) in [6.07, 6.45) is 8.20. The van der Waals surface area contributed by atoms with E-state index in [0.29, 0.717) is 5.04 Å². The summed E-state index contributed by atoms with van der Waals surface area (Å²) in [6.45, 7) is 9.59. The van der Waals surface area contributed by atoms with Crippen molar-refractivity contribution in [2.45, 2.75) is 64.5 Å². The Hall–Kier alpha value is -0.303. The molecule has 0 saturated heterocycles. The molecule has 1 heteroatoms. The van der Waals surface area contributed by atoms with E-state index in [1.165, 1.54) is 31.7 Å². The van der Waals surface area contributed by atoms with Gasteiger partial charge in [0.05, 0.1) is 0 Å². The van der Waals surface area contributed by atoms with Gasteiger partial charge >= 0.3 is 0 Å². The Bertz CT molecular complexity index is 328. The first kappa shape index (κ1) is 12.2. The Kier molecular flexibility index (Phi) is 3.44. The molecule has 0 aliphatic heterocycles. The Balaban J connectivity index is 2.04. The molecule has 0 nitrogen and oxygen atoms in total. The fraction of sp³-hybridized carbons (Fsp3) is 0.733. The van der Waals surface area contributed by atoms with Crippen LogP contribution in [0.1, 0.15) is 53.4 Å². The molecule has 0 amide bonds. The second-order valence-electron chi connectivity index (χ2n) is 6.77. The average molecular weight is 234 g/mol. The molecule has 1 unspecified atom stereocenters. The molecule has 2 rings (SSSR count). The van der Waals surface area contributed by atoms with Gasteiger partial charge in [0.15, 0.2) is 0 Å². The molecular formula is C15H26Si. The lowest BCUT2D eigenvalue weighted by atomic mass is 9.88. The fourth-order valence-electron chi connectivity index (χ4n) is 3.14. The molecule has 0 N–H and O–H groups in total. The van der Waals surface area contributed by atoms with Crippen molar-refractivity contribution >= 4 is 9.52 Å². The molecule has 2 aliphatic rings. The summed E-state index contributed by atoms with van der Waals surface area (Å²) < 4.78 is 0. The zero-order valence-corrected chi connectivity index (χ0v) is 12.8. The average Bonchev–Trinajstić information content (AvgIpc) is 2.53. The number of hydrogen-bond acceptors (Lipinski definition) is 0. The van der Waals surface area contributed by atoms with Crippen LogP contribution in [0.4, 0.5) is 0 Å². The van der Waals surface area contributed by atoms with Crippen molar-refractivity contribution in [3.8, 4) is 0 Å². The molecule has 0 spiro atoms. The first-order valence-electron chi connectivity index (χ1n) is 6.88. The quantitative estimate of drug-likeness (QED) is 0.627. The zero-order chi connectivity index (χ0) is 11.8. The smallest absolute Gasteiger partial charge is 0.0269 e. The first-order valence-corrected chi connectivity index (χ1v) is 8.59. The molecule has 0 bridgehead atoms. The lowest BCUT2D eigenvalue weighted by Gasteiger charge is -2.23. The van der Waals surface area contributed by atoms with Gasteiger partial charge < -0.3 is 0 Å². The summed E-state index contributed by atoms with van der Waals surface area (Å²) >= 11 is 0. The van der Waals surface area contributed by atoms with Crippen LogP contribution in [0.15, 0.2) is 22.8 Å². The number of rotatable bonds is 2. The SMILES string of the molecule is CC1=CC(C[SiH2]C(C)(C)C)C2=C1CCCC2. The summed E-state index contributed by atoms with van der Waals surface area (Å²) in [4.78, 5) is 0. The molecule has 0 fully saturated rings. The van der Waals surface area contributed by atoms with E-state index in [2.05, 4.69) is 33.8 Å². The molecule has 1 atom stereocenters. The summed E-state index contributed by atoms with van der Waals surface area (Å²) in [5.41, 5.74) is 5.20. The van der Waals surface area contributed by atoms with Crippen LogP contribution in [0, 0.1) is 5.92 Å². The molecule has 2 aliphatic carbocycles. The maximum atomic E-state index is 2.58. The van der Waals surface area contributed by atoms with Gasteiger partial charge in [0.2, 0.25) is 0 Å². The molecule has 0 radical (unpaired) electrons. The van der Waals surface area contributed by atoms with Crippen molar-refractivity contribution < 1.29 is 0 Å². The van der Waals surface area contributed by atoms with Crippen LogP contribution in [-0.2, 0) is 0 Å². The minimum absolute atomic E-state index is 0.0715. The third kappa shape index (κ3) is 2.68. The lowest BCUT2D eigenvalue weighted by Crippen LogP contribution is -2.13. The molecule has 0 aromatic carbocycles. The minimum Gasteiger partial charge on any atom is -0.0744 e. The van der Waals surface area contributed by atoms with Gasteiger partial charge in [0.25, 0.3) is 0 Å². The molecule has 90 valence electrons. The van der Waals surface area contributed by atoms with Crippen molar-refractivity contribution in [1.29, 1.82) is 0 Å². The van der Waals surface area contributed by atoms with Crippen LogP contribution in [0.3, 0.4) is 0 Å². The highest BCUT2D eigenvalue weighted by molar-refractivity contribution is 6.39. The molecule has 0 aromatic heterocycles. The van der Waals surface area contributed by atoms with Gasteiger partial charge in [-0.1, -0.05) is 44.0 Å². The Morgan fingerprint density at radius 1 is 1.25 bits per heavy atom. The van der Waals surface area contributed by atoms with Gasteiger partial charge in [0, 0.05) is 9.52 Å². The van der Waals surface area contributed by atoms with Gasteiger partial charge in [-0.3, -0.25) is 0 Å². The van der Waals surface area contributed by atoms with Crippen LogP contribution in [0.2, 0.25) is 11.1 Å². The third-order valence-electron chi connectivity index (χ3n) is 4.09. The van der Waals surface area contributed by atoms with E-state index >= 15 is 0 Å². The predicted molar refractivity (Wildman–Crippen MR) is 75.8 cm³/mol. The molecular weight excluding hydrogens is 208 g/mol. The standard InChI is InChI=1S/C15H26Si/c1-11-9-12(10-16-15(2,3)4)14-8-6-5-7-13(11)14/h9,12H,5-8,10,16H2,1-4H3. The first-order chi connectivity index (χ1) is 7.47. The fourth-order valence-corrected chi connectivity index (χ4v) is 4.83. The monoisotopic (exact) mass is 234 g/mol. The van der Waals surface area contributed by atoms with Gasteiger partial charge in [0.1, 0.15) is 0 Å². The van der Waals surface area contributed by atoms with Gasteiger partial charge in [-0.05, 0) is 49.1 Å². The largest absolute Gasteiger partial charge is 0.0744 e. The van der Waals surface area contributed by atoms with Crippen molar-refractivity contribution in [3.05, 3.63) is 22.8 Å². The van der Waals surface area contributed by atoms with E-state index in [1.807, 2.05) is 5.57 Å². The van der Waals surface area contributed by atoms with Gasteiger partial charge in [-0.25, -0.2) is 0 Å². The highest BCUT2D eigenvalue weighted by atomic mass is 28.2. The van der Waals surface area contributed by atoms with Crippen LogP contribution < -0.4 is 0 Å². The lowest BCUT2D eigenvalue weighted by molar-refractivity contribution is 0.637. The van der Waals surface area contributed by atoms with Crippen molar-refractivity contribution in [1.82, 2.24) is 0 Å². The van der Waals surface area contributed by atoms with E-state index in [1.54, 1.807) is 11.1 Å². The van der Waals surface area contributed by atoms with Crippen molar-refractivity contribution in [3.63, 3.8) is 0 Å². The number of allylic oxidation sites excluding steroid dienone is 4. The summed E-state index contributed by atoms with van der Waals surface area (Å²) in [7, 11) is 0.0715. The van der Waals surface area contributed by atoms with Crippen LogP contribution in [-0.4, -0.2) is 9.52 Å². The molecule has 0 aromatic rings. The van der Waals surface area contributed by atoms with Gasteiger partial charge in [-0.2, -0.15) is 0 Å². The third-order valence-corrected chi connectivity index (χ3v) is 6.50. The van der Waals surface area contributed by atoms with Crippen molar-refractivity contribution in [2.24, 2.45) is 5.92 Å². The highest BCUT2D eigenvalue weighted by Gasteiger charge is 2.27. The van der Waals surface area contributed by atoms with Crippen molar-refractivity contribution in [2.75, 3.05) is 0 Å². The van der Waals surface area contributed by atoms with Crippen LogP contribution in [0.5, 0.6) is 0 Å². The topological polar surface area (TPSA) is 0 Å². The molecule has 16 heavy (non-hydrogen) atoms. The number of hydrogen-bond donors (Lipinski definition) is 0. The Morgan fingerprint density at radius 2 is 1.94 bits per heavy atom. The summed E-state index contributed by atoms with van der Waals surface area (Å²) in [5.74, 6) is 0.848. The predicted octanol–water partition coefficient (Wildman–Crippen LogP) is 4.24. The highest BCUT2D eigenvalue weighted by Crippen LogP contribution is 2.42. The maximum Gasteiger partial charge on any atom is 0.0269 e. The minimum atomic E-state index is 0.0715. The maximum absolute atomic E-state index is 2.58. The van der Waals surface area contributed by atoms with E-state index < -0.39 is 0 Å². The molecule has 0 heterocycles. The second kappa shape index (κ2) is 4.52. The van der Waals surface area contributed by atoms with E-state index in [-0.39, 0.29) is 9.52 Å². The second-order valence-corrected chi connectivity index (χ2v) is 9.97. The summed E-state index contributed by atoms with van der Waals surface area (Å²) in [5, 5.41) is 0.625. The van der Waals surface area contributed by atoms with Crippen LogP contribution >= 0.6 is 0 Å². The Labute approximate surface area is 103 Å².